The second-order valence-electron chi connectivity index (χ2n) is 6.07. The van der Waals surface area contributed by atoms with Crippen molar-refractivity contribution in [2.75, 3.05) is 20.8 Å². The van der Waals surface area contributed by atoms with E-state index in [-0.39, 0.29) is 24.3 Å². The Kier molecular flexibility index (Phi) is 6.07. The van der Waals surface area contributed by atoms with Crippen LogP contribution in [0.2, 0.25) is 0 Å². The second-order valence-corrected chi connectivity index (χ2v) is 7.83. The van der Waals surface area contributed by atoms with Crippen molar-refractivity contribution in [3.8, 4) is 11.5 Å². The SMILES string of the molecule is COc1cc(S(=O)(=O)NCC2CCCCC2(F)F)cc(C(=O)O)c1OC. The minimum absolute atomic E-state index is 0.0872. The highest BCUT2D eigenvalue weighted by atomic mass is 32.2. The molecule has 0 amide bonds. The van der Waals surface area contributed by atoms with Crippen LogP contribution < -0.4 is 14.2 Å². The summed E-state index contributed by atoms with van der Waals surface area (Å²) in [5.41, 5.74) is -0.407. The Morgan fingerprint density at radius 2 is 2.00 bits per heavy atom. The zero-order valence-electron chi connectivity index (χ0n) is 14.4. The summed E-state index contributed by atoms with van der Waals surface area (Å²) in [4.78, 5) is 11.0. The summed E-state index contributed by atoms with van der Waals surface area (Å²) in [6.07, 6.45) is 0.982. The number of aromatic carboxylic acids is 1. The lowest BCUT2D eigenvalue weighted by atomic mass is 9.86. The van der Waals surface area contributed by atoms with E-state index in [1.54, 1.807) is 0 Å². The van der Waals surface area contributed by atoms with Gasteiger partial charge in [0.15, 0.2) is 11.5 Å². The van der Waals surface area contributed by atoms with Crippen LogP contribution in [0.4, 0.5) is 8.78 Å². The maximum atomic E-state index is 13.9. The molecule has 0 saturated heterocycles. The monoisotopic (exact) mass is 393 g/mol. The van der Waals surface area contributed by atoms with E-state index in [0.29, 0.717) is 12.8 Å². The lowest BCUT2D eigenvalue weighted by Gasteiger charge is -2.31. The molecule has 2 rings (SSSR count). The predicted molar refractivity (Wildman–Crippen MR) is 88.6 cm³/mol. The number of nitrogens with one attached hydrogen (secondary N) is 1. The number of methoxy groups -OCH3 is 2. The number of alkyl halides is 2. The first-order valence-corrected chi connectivity index (χ1v) is 9.47. The molecule has 1 aromatic rings. The van der Waals surface area contributed by atoms with Crippen LogP contribution in [0.5, 0.6) is 11.5 Å². The van der Waals surface area contributed by atoms with Gasteiger partial charge in [0.05, 0.1) is 19.1 Å². The summed E-state index contributed by atoms with van der Waals surface area (Å²) >= 11 is 0. The van der Waals surface area contributed by atoms with Crippen molar-refractivity contribution >= 4 is 16.0 Å². The highest BCUT2D eigenvalue weighted by molar-refractivity contribution is 7.89. The standard InChI is InChI=1S/C16H21F2NO6S/c1-24-13-8-11(7-12(15(20)21)14(13)25-2)26(22,23)19-9-10-5-3-4-6-16(10,17)18/h7-8,10,19H,3-6,9H2,1-2H3,(H,20,21). The molecular formula is C16H21F2NO6S. The average molecular weight is 393 g/mol. The molecule has 1 atom stereocenters. The Labute approximate surface area is 150 Å². The summed E-state index contributed by atoms with van der Waals surface area (Å²) in [7, 11) is -1.75. The van der Waals surface area contributed by atoms with Gasteiger partial charge in [0, 0.05) is 24.9 Å². The number of hydrogen-bond acceptors (Lipinski definition) is 5. The van der Waals surface area contributed by atoms with Gasteiger partial charge in [-0.3, -0.25) is 0 Å². The van der Waals surface area contributed by atoms with Crippen molar-refractivity contribution in [1.29, 1.82) is 0 Å². The summed E-state index contributed by atoms with van der Waals surface area (Å²) in [6.45, 7) is -0.425. The molecule has 1 aromatic carbocycles. The van der Waals surface area contributed by atoms with E-state index in [2.05, 4.69) is 4.72 Å². The molecule has 10 heteroatoms. The first kappa shape index (κ1) is 20.4. The van der Waals surface area contributed by atoms with Gasteiger partial charge < -0.3 is 14.6 Å². The van der Waals surface area contributed by atoms with Crippen LogP contribution in [-0.2, 0) is 10.0 Å². The van der Waals surface area contributed by atoms with Crippen LogP contribution in [-0.4, -0.2) is 46.2 Å². The van der Waals surface area contributed by atoms with Crippen molar-refractivity contribution in [1.82, 2.24) is 4.72 Å². The van der Waals surface area contributed by atoms with Gasteiger partial charge in [0.2, 0.25) is 10.0 Å². The van der Waals surface area contributed by atoms with Crippen molar-refractivity contribution in [2.45, 2.75) is 36.5 Å². The van der Waals surface area contributed by atoms with Crippen molar-refractivity contribution < 1.29 is 36.6 Å². The Hall–Kier alpha value is -1.94. The number of carbonyl (C=O) groups is 1. The van der Waals surface area contributed by atoms with Gasteiger partial charge in [0.25, 0.3) is 5.92 Å². The van der Waals surface area contributed by atoms with Crippen LogP contribution in [0.15, 0.2) is 17.0 Å². The number of rotatable bonds is 7. The maximum absolute atomic E-state index is 13.9. The van der Waals surface area contributed by atoms with E-state index in [4.69, 9.17) is 9.47 Å². The van der Waals surface area contributed by atoms with E-state index in [1.165, 1.54) is 14.2 Å². The summed E-state index contributed by atoms with van der Waals surface area (Å²) in [5.74, 6) is -5.64. The molecule has 0 spiro atoms. The smallest absolute Gasteiger partial charge is 0.339 e. The molecule has 1 saturated carbocycles. The number of halogens is 2. The zero-order valence-corrected chi connectivity index (χ0v) is 15.2. The quantitative estimate of drug-likeness (QED) is 0.738. The van der Waals surface area contributed by atoms with Crippen molar-refractivity contribution in [3.63, 3.8) is 0 Å². The Bertz CT molecular complexity index is 781. The largest absolute Gasteiger partial charge is 0.493 e. The summed E-state index contributed by atoms with van der Waals surface area (Å²) in [5, 5.41) is 9.26. The fraction of sp³-hybridized carbons (Fsp3) is 0.562. The highest BCUT2D eigenvalue weighted by Gasteiger charge is 2.41. The van der Waals surface area contributed by atoms with Gasteiger partial charge in [-0.15, -0.1) is 0 Å². The Morgan fingerprint density at radius 3 is 2.54 bits per heavy atom. The lowest BCUT2D eigenvalue weighted by Crippen LogP contribution is -2.40. The Morgan fingerprint density at radius 1 is 1.31 bits per heavy atom. The number of benzene rings is 1. The summed E-state index contributed by atoms with van der Waals surface area (Å²) < 4.78 is 64.8. The van der Waals surface area contributed by atoms with E-state index in [1.807, 2.05) is 0 Å². The van der Waals surface area contributed by atoms with Gasteiger partial charge in [-0.2, -0.15) is 0 Å². The topological polar surface area (TPSA) is 102 Å². The van der Waals surface area contributed by atoms with Crippen LogP contribution in [0.25, 0.3) is 0 Å². The molecule has 146 valence electrons. The average Bonchev–Trinajstić information content (AvgIpc) is 2.58. The number of hydrogen-bond donors (Lipinski definition) is 2. The zero-order chi connectivity index (χ0) is 19.5. The maximum Gasteiger partial charge on any atom is 0.339 e. The fourth-order valence-electron chi connectivity index (χ4n) is 2.96. The molecule has 2 N–H and O–H groups in total. The molecule has 1 fully saturated rings. The van der Waals surface area contributed by atoms with Gasteiger partial charge in [-0.05, 0) is 18.9 Å². The van der Waals surface area contributed by atoms with Gasteiger partial charge in [0.1, 0.15) is 5.56 Å². The van der Waals surface area contributed by atoms with Gasteiger partial charge in [-0.25, -0.2) is 26.7 Å². The molecule has 0 heterocycles. The highest BCUT2D eigenvalue weighted by Crippen LogP contribution is 2.38. The third-order valence-electron chi connectivity index (χ3n) is 4.42. The minimum Gasteiger partial charge on any atom is -0.493 e. The molecule has 26 heavy (non-hydrogen) atoms. The molecule has 1 aliphatic carbocycles. The normalized spacial score (nSPS) is 19.8. The number of ether oxygens (including phenoxy) is 2. The van der Waals surface area contributed by atoms with Crippen LogP contribution in [0, 0.1) is 5.92 Å². The molecule has 1 aliphatic rings. The van der Waals surface area contributed by atoms with Crippen molar-refractivity contribution in [3.05, 3.63) is 17.7 Å². The van der Waals surface area contributed by atoms with Crippen LogP contribution in [0.1, 0.15) is 36.0 Å². The van der Waals surface area contributed by atoms with Gasteiger partial charge >= 0.3 is 5.97 Å². The molecule has 0 radical (unpaired) electrons. The van der Waals surface area contributed by atoms with E-state index in [0.717, 1.165) is 12.1 Å². The first-order chi connectivity index (χ1) is 12.1. The van der Waals surface area contributed by atoms with Crippen LogP contribution in [0.3, 0.4) is 0 Å². The third kappa shape index (κ3) is 4.24. The molecule has 0 aromatic heterocycles. The molecule has 0 aliphatic heterocycles. The molecule has 1 unspecified atom stereocenters. The van der Waals surface area contributed by atoms with Crippen LogP contribution >= 0.6 is 0 Å². The third-order valence-corrected chi connectivity index (χ3v) is 5.83. The molecule has 0 bridgehead atoms. The molecule has 7 nitrogen and oxygen atoms in total. The van der Waals surface area contributed by atoms with E-state index >= 15 is 0 Å². The summed E-state index contributed by atoms with van der Waals surface area (Å²) in [6, 6.07) is 2.00. The first-order valence-electron chi connectivity index (χ1n) is 7.99. The second kappa shape index (κ2) is 7.75. The molecular weight excluding hydrogens is 372 g/mol. The minimum atomic E-state index is -4.21. The predicted octanol–water partition coefficient (Wildman–Crippen LogP) is 2.51. The number of sulfonamides is 1. The van der Waals surface area contributed by atoms with E-state index < -0.39 is 44.8 Å². The Balaban J connectivity index is 2.31. The lowest BCUT2D eigenvalue weighted by molar-refractivity contribution is -0.0827. The number of carboxylic acids is 1. The van der Waals surface area contributed by atoms with Gasteiger partial charge in [-0.1, -0.05) is 6.42 Å². The fourth-order valence-corrected chi connectivity index (χ4v) is 4.09. The number of carboxylic acid groups (broad SMARTS) is 1. The van der Waals surface area contributed by atoms with E-state index in [9.17, 15) is 27.1 Å². The van der Waals surface area contributed by atoms with Crippen molar-refractivity contribution in [2.24, 2.45) is 5.92 Å².